The molecule has 10 nitrogen and oxygen atoms in total. The van der Waals surface area contributed by atoms with Gasteiger partial charge in [0.2, 0.25) is 5.95 Å². The molecule has 2 aromatic rings. The van der Waals surface area contributed by atoms with Gasteiger partial charge < -0.3 is 25.8 Å². The SMILES string of the molecule is Nc1nc2c(ncn2[C@]2(F)O[C@H](CO)[C@@H](O)[C@H]2O)c(=O)[nH]1. The number of halogens is 1. The van der Waals surface area contributed by atoms with Gasteiger partial charge in [0.25, 0.3) is 5.56 Å². The maximum absolute atomic E-state index is 14.9. The Hall–Kier alpha value is -2.08. The molecule has 0 bridgehead atoms. The summed E-state index contributed by atoms with van der Waals surface area (Å²) in [6.07, 6.45) is -4.10. The first-order valence-electron chi connectivity index (χ1n) is 5.95. The number of nitrogens with one attached hydrogen (secondary N) is 1. The van der Waals surface area contributed by atoms with Gasteiger partial charge in [0.05, 0.1) is 6.61 Å². The molecule has 0 radical (unpaired) electrons. The Balaban J connectivity index is 2.19. The second-order valence-electron chi connectivity index (χ2n) is 4.62. The summed E-state index contributed by atoms with van der Waals surface area (Å²) >= 11 is 0. The van der Waals surface area contributed by atoms with Crippen molar-refractivity contribution in [1.29, 1.82) is 0 Å². The van der Waals surface area contributed by atoms with Crippen LogP contribution >= 0.6 is 0 Å². The van der Waals surface area contributed by atoms with E-state index < -0.39 is 36.5 Å². The molecule has 0 aliphatic carbocycles. The molecule has 21 heavy (non-hydrogen) atoms. The third-order valence-corrected chi connectivity index (χ3v) is 3.32. The van der Waals surface area contributed by atoms with E-state index in [1.807, 2.05) is 0 Å². The van der Waals surface area contributed by atoms with E-state index in [1.54, 1.807) is 0 Å². The largest absolute Gasteiger partial charge is 0.394 e. The molecule has 1 saturated heterocycles. The van der Waals surface area contributed by atoms with Crippen LogP contribution in [0.2, 0.25) is 0 Å². The van der Waals surface area contributed by atoms with E-state index in [0.717, 1.165) is 6.33 Å². The van der Waals surface area contributed by atoms with Crippen LogP contribution in [0.5, 0.6) is 0 Å². The van der Waals surface area contributed by atoms with Crippen LogP contribution < -0.4 is 11.3 Å². The standard InChI is InChI=1S/C10H12FN5O5/c11-10(6(19)5(18)3(1-17)21-10)16-2-13-4-7(16)14-9(12)15-8(4)20/h2-3,5-6,17-19H,1H2,(H3,12,14,15,20)/t3-,5-,6-,10+/m1/s1. The summed E-state index contributed by atoms with van der Waals surface area (Å²) in [4.78, 5) is 21.3. The maximum Gasteiger partial charge on any atom is 0.325 e. The van der Waals surface area contributed by atoms with Crippen molar-refractivity contribution in [3.8, 4) is 0 Å². The summed E-state index contributed by atoms with van der Waals surface area (Å²) < 4.78 is 20.5. The summed E-state index contributed by atoms with van der Waals surface area (Å²) in [5.41, 5.74) is 4.23. The highest BCUT2D eigenvalue weighted by atomic mass is 19.2. The maximum atomic E-state index is 14.9. The number of aromatic amines is 1. The summed E-state index contributed by atoms with van der Waals surface area (Å²) in [5.74, 6) is -3.21. The molecule has 0 spiro atoms. The lowest BCUT2D eigenvalue weighted by Crippen LogP contribution is -2.42. The molecule has 3 heterocycles. The minimum atomic E-state index is -2.94. The zero-order valence-electron chi connectivity index (χ0n) is 10.5. The van der Waals surface area contributed by atoms with Crippen LogP contribution in [-0.2, 0) is 10.7 Å². The van der Waals surface area contributed by atoms with Crippen molar-refractivity contribution in [3.05, 3.63) is 16.7 Å². The third-order valence-electron chi connectivity index (χ3n) is 3.32. The molecular formula is C10H12FN5O5. The Labute approximate surface area is 115 Å². The average molecular weight is 301 g/mol. The van der Waals surface area contributed by atoms with Gasteiger partial charge in [0.1, 0.15) is 18.5 Å². The molecule has 0 aromatic carbocycles. The first-order valence-corrected chi connectivity index (χ1v) is 5.95. The lowest BCUT2D eigenvalue weighted by Gasteiger charge is -2.24. The van der Waals surface area contributed by atoms with Gasteiger partial charge in [-0.15, -0.1) is 0 Å². The smallest absolute Gasteiger partial charge is 0.325 e. The lowest BCUT2D eigenvalue weighted by atomic mass is 10.1. The topological polar surface area (TPSA) is 160 Å². The van der Waals surface area contributed by atoms with Crippen molar-refractivity contribution >= 4 is 17.1 Å². The van der Waals surface area contributed by atoms with E-state index in [2.05, 4.69) is 15.0 Å². The predicted molar refractivity (Wildman–Crippen MR) is 65.6 cm³/mol. The van der Waals surface area contributed by atoms with E-state index in [1.165, 1.54) is 0 Å². The molecule has 4 atom stereocenters. The molecule has 0 saturated carbocycles. The number of aromatic nitrogens is 4. The first kappa shape index (κ1) is 13.9. The number of rotatable bonds is 2. The van der Waals surface area contributed by atoms with Gasteiger partial charge in [-0.25, -0.2) is 4.98 Å². The van der Waals surface area contributed by atoms with Gasteiger partial charge in [-0.3, -0.25) is 14.3 Å². The quantitative estimate of drug-likeness (QED) is 0.403. The monoisotopic (exact) mass is 301 g/mol. The summed E-state index contributed by atoms with van der Waals surface area (Å²) in [6.45, 7) is -0.702. The number of imidazole rings is 1. The molecular weight excluding hydrogens is 289 g/mol. The average Bonchev–Trinajstić information content (AvgIpc) is 2.95. The third kappa shape index (κ3) is 1.82. The molecule has 0 unspecified atom stereocenters. The second-order valence-corrected chi connectivity index (χ2v) is 4.62. The number of hydrogen-bond acceptors (Lipinski definition) is 8. The highest BCUT2D eigenvalue weighted by Gasteiger charge is 2.57. The van der Waals surface area contributed by atoms with E-state index in [4.69, 9.17) is 15.6 Å². The van der Waals surface area contributed by atoms with Gasteiger partial charge in [0, 0.05) is 0 Å². The fourth-order valence-corrected chi connectivity index (χ4v) is 2.26. The van der Waals surface area contributed by atoms with E-state index >= 15 is 0 Å². The lowest BCUT2D eigenvalue weighted by molar-refractivity contribution is -0.235. The minimum Gasteiger partial charge on any atom is -0.394 e. The molecule has 0 amide bonds. The number of anilines is 1. The second kappa shape index (κ2) is 4.46. The Morgan fingerprint density at radius 2 is 2.29 bits per heavy atom. The first-order chi connectivity index (χ1) is 9.88. The van der Waals surface area contributed by atoms with Crippen molar-refractivity contribution in [3.63, 3.8) is 0 Å². The van der Waals surface area contributed by atoms with E-state index in [9.17, 15) is 19.4 Å². The Morgan fingerprint density at radius 1 is 1.57 bits per heavy atom. The van der Waals surface area contributed by atoms with Crippen molar-refractivity contribution < 1.29 is 24.4 Å². The van der Waals surface area contributed by atoms with Crippen LogP contribution in [0.3, 0.4) is 0 Å². The zero-order chi connectivity index (χ0) is 15.4. The van der Waals surface area contributed by atoms with Crippen molar-refractivity contribution in [1.82, 2.24) is 19.5 Å². The summed E-state index contributed by atoms with van der Waals surface area (Å²) in [7, 11) is 0. The summed E-state index contributed by atoms with van der Waals surface area (Å²) in [6, 6.07) is 0. The number of alkyl halides is 1. The number of H-pyrrole nitrogens is 1. The van der Waals surface area contributed by atoms with Crippen molar-refractivity contribution in [2.24, 2.45) is 0 Å². The normalized spacial score (nSPS) is 32.9. The summed E-state index contributed by atoms with van der Waals surface area (Å²) in [5, 5.41) is 28.5. The molecule has 1 aliphatic rings. The number of ether oxygens (including phenoxy) is 1. The Kier molecular flexibility index (Phi) is 2.95. The van der Waals surface area contributed by atoms with Crippen LogP contribution in [0.1, 0.15) is 0 Å². The van der Waals surface area contributed by atoms with Crippen LogP contribution in [-0.4, -0.2) is 59.8 Å². The minimum absolute atomic E-state index is 0.209. The number of nitrogens with zero attached hydrogens (tertiary/aromatic N) is 3. The van der Waals surface area contributed by atoms with Crippen LogP contribution in [0, 0.1) is 0 Å². The number of aliphatic hydroxyl groups is 3. The zero-order valence-corrected chi connectivity index (χ0v) is 10.5. The number of hydrogen-bond donors (Lipinski definition) is 5. The molecule has 6 N–H and O–H groups in total. The van der Waals surface area contributed by atoms with Gasteiger partial charge in [0.15, 0.2) is 17.3 Å². The van der Waals surface area contributed by atoms with Gasteiger partial charge >= 0.3 is 5.98 Å². The van der Waals surface area contributed by atoms with Crippen LogP contribution in [0.25, 0.3) is 11.2 Å². The molecule has 3 rings (SSSR count). The van der Waals surface area contributed by atoms with Crippen molar-refractivity contribution in [2.75, 3.05) is 12.3 Å². The highest BCUT2D eigenvalue weighted by Crippen LogP contribution is 2.38. The predicted octanol–water partition coefficient (Wildman–Crippen LogP) is -2.61. The number of nitrogens with two attached hydrogens (primary N) is 1. The van der Waals surface area contributed by atoms with Crippen LogP contribution in [0.15, 0.2) is 11.1 Å². The molecule has 11 heteroatoms. The van der Waals surface area contributed by atoms with E-state index in [0.29, 0.717) is 4.57 Å². The number of aliphatic hydroxyl groups excluding tert-OH is 3. The molecule has 2 aromatic heterocycles. The van der Waals surface area contributed by atoms with Crippen LogP contribution in [0.4, 0.5) is 10.3 Å². The Bertz CT molecular complexity index is 747. The molecule has 1 fully saturated rings. The molecule has 114 valence electrons. The van der Waals surface area contributed by atoms with Gasteiger partial charge in [-0.2, -0.15) is 9.37 Å². The van der Waals surface area contributed by atoms with E-state index in [-0.39, 0.29) is 17.1 Å². The van der Waals surface area contributed by atoms with Gasteiger partial charge in [-0.05, 0) is 0 Å². The number of fused-ring (bicyclic) bond motifs is 1. The fraction of sp³-hybridized carbons (Fsp3) is 0.500. The van der Waals surface area contributed by atoms with Gasteiger partial charge in [-0.1, -0.05) is 0 Å². The van der Waals surface area contributed by atoms with Crippen molar-refractivity contribution in [2.45, 2.75) is 24.3 Å². The Morgan fingerprint density at radius 3 is 2.90 bits per heavy atom. The highest BCUT2D eigenvalue weighted by molar-refractivity contribution is 5.70. The number of nitrogen functional groups attached to an aromatic ring is 1. The molecule has 1 aliphatic heterocycles. The fourth-order valence-electron chi connectivity index (χ4n) is 2.26.